The molecule has 0 bridgehead atoms. The minimum absolute atomic E-state index is 0.0235. The van der Waals surface area contributed by atoms with Crippen LogP contribution in [0.15, 0.2) is 54.6 Å². The third kappa shape index (κ3) is 5.31. The molecule has 142 valence electrons. The zero-order chi connectivity index (χ0) is 19.2. The number of rotatable bonds is 5. The number of amides is 2. The first-order valence-electron chi connectivity index (χ1n) is 9.19. The summed E-state index contributed by atoms with van der Waals surface area (Å²) >= 11 is 5.96. The van der Waals surface area contributed by atoms with Crippen LogP contribution in [0.3, 0.4) is 0 Å². The van der Waals surface area contributed by atoms with Gasteiger partial charge in [-0.3, -0.25) is 14.5 Å². The zero-order valence-corrected chi connectivity index (χ0v) is 16.1. The van der Waals surface area contributed by atoms with Crippen LogP contribution in [0.4, 0.5) is 11.4 Å². The Bertz CT molecular complexity index is 789. The Labute approximate surface area is 164 Å². The summed E-state index contributed by atoms with van der Waals surface area (Å²) in [6.07, 6.45) is 1.49. The van der Waals surface area contributed by atoms with Crippen LogP contribution in [0.5, 0.6) is 0 Å². The van der Waals surface area contributed by atoms with Crippen molar-refractivity contribution in [2.45, 2.75) is 25.8 Å². The first-order valence-corrected chi connectivity index (χ1v) is 9.57. The van der Waals surface area contributed by atoms with Crippen molar-refractivity contribution in [3.8, 4) is 0 Å². The summed E-state index contributed by atoms with van der Waals surface area (Å²) in [4.78, 5) is 27.1. The van der Waals surface area contributed by atoms with Crippen molar-refractivity contribution in [1.82, 2.24) is 4.90 Å². The number of likely N-dealkylation sites (tertiary alicyclic amines) is 1. The molecule has 0 radical (unpaired) electrons. The molecule has 1 heterocycles. The largest absolute Gasteiger partial charge is 0.326 e. The topological polar surface area (TPSA) is 61.4 Å². The highest BCUT2D eigenvalue weighted by molar-refractivity contribution is 6.30. The van der Waals surface area contributed by atoms with Gasteiger partial charge in [0.1, 0.15) is 0 Å². The van der Waals surface area contributed by atoms with Crippen molar-refractivity contribution in [2.24, 2.45) is 5.92 Å². The molecular formula is C21H24ClN3O2. The van der Waals surface area contributed by atoms with Crippen molar-refractivity contribution in [3.05, 3.63) is 59.6 Å². The molecule has 1 fully saturated rings. The number of hydrogen-bond donors (Lipinski definition) is 2. The van der Waals surface area contributed by atoms with Crippen LogP contribution in [0.25, 0.3) is 0 Å². The van der Waals surface area contributed by atoms with Crippen molar-refractivity contribution in [2.75, 3.05) is 23.7 Å². The summed E-state index contributed by atoms with van der Waals surface area (Å²) in [5.41, 5.74) is 1.51. The van der Waals surface area contributed by atoms with Crippen molar-refractivity contribution in [3.63, 3.8) is 0 Å². The van der Waals surface area contributed by atoms with E-state index in [0.717, 1.165) is 31.6 Å². The van der Waals surface area contributed by atoms with Gasteiger partial charge in [-0.05, 0) is 63.2 Å². The fourth-order valence-corrected chi connectivity index (χ4v) is 3.48. The maximum atomic E-state index is 12.5. The molecule has 0 spiro atoms. The molecule has 5 nitrogen and oxygen atoms in total. The van der Waals surface area contributed by atoms with Crippen molar-refractivity contribution >= 4 is 34.8 Å². The van der Waals surface area contributed by atoms with E-state index >= 15 is 0 Å². The average Bonchev–Trinajstić information content (AvgIpc) is 2.68. The van der Waals surface area contributed by atoms with Crippen LogP contribution in [-0.2, 0) is 9.59 Å². The lowest BCUT2D eigenvalue weighted by molar-refractivity contribution is -0.123. The highest BCUT2D eigenvalue weighted by atomic mass is 35.5. The first kappa shape index (κ1) is 19.4. The number of para-hydroxylation sites is 1. The number of nitrogens with one attached hydrogen (secondary N) is 2. The van der Waals surface area contributed by atoms with Crippen LogP contribution >= 0.6 is 11.6 Å². The Morgan fingerprint density at radius 3 is 2.33 bits per heavy atom. The molecule has 2 aromatic rings. The maximum absolute atomic E-state index is 12.5. The zero-order valence-electron chi connectivity index (χ0n) is 15.3. The third-order valence-electron chi connectivity index (χ3n) is 4.96. The minimum Gasteiger partial charge on any atom is -0.326 e. The third-order valence-corrected chi connectivity index (χ3v) is 5.20. The van der Waals surface area contributed by atoms with Gasteiger partial charge in [-0.2, -0.15) is 0 Å². The summed E-state index contributed by atoms with van der Waals surface area (Å²) in [5, 5.41) is 6.46. The predicted molar refractivity (Wildman–Crippen MR) is 109 cm³/mol. The molecule has 1 aliphatic heterocycles. The Morgan fingerprint density at radius 1 is 1.00 bits per heavy atom. The second-order valence-electron chi connectivity index (χ2n) is 6.84. The summed E-state index contributed by atoms with van der Waals surface area (Å²) in [5.74, 6) is -0.0361. The van der Waals surface area contributed by atoms with Crippen LogP contribution in [-0.4, -0.2) is 35.8 Å². The van der Waals surface area contributed by atoms with E-state index < -0.39 is 0 Å². The molecule has 2 amide bonds. The van der Waals surface area contributed by atoms with Crippen molar-refractivity contribution in [1.29, 1.82) is 0 Å². The smallest absolute Gasteiger partial charge is 0.241 e. The van der Waals surface area contributed by atoms with E-state index in [1.165, 1.54) is 0 Å². The maximum Gasteiger partial charge on any atom is 0.241 e. The number of anilines is 2. The molecule has 6 heteroatoms. The van der Waals surface area contributed by atoms with Gasteiger partial charge in [-0.15, -0.1) is 0 Å². The van der Waals surface area contributed by atoms with E-state index in [1.807, 2.05) is 43.3 Å². The van der Waals surface area contributed by atoms with Crippen LogP contribution in [0, 0.1) is 5.92 Å². The van der Waals surface area contributed by atoms with E-state index in [9.17, 15) is 9.59 Å². The number of nitrogens with zero attached hydrogens (tertiary/aromatic N) is 1. The monoisotopic (exact) mass is 385 g/mol. The second kappa shape index (κ2) is 9.02. The molecule has 0 aromatic heterocycles. The Balaban J connectivity index is 1.49. The summed E-state index contributed by atoms with van der Waals surface area (Å²) in [7, 11) is 0. The summed E-state index contributed by atoms with van der Waals surface area (Å²) in [6, 6.07) is 16.3. The van der Waals surface area contributed by atoms with Gasteiger partial charge in [-0.25, -0.2) is 0 Å². The molecule has 27 heavy (non-hydrogen) atoms. The van der Waals surface area contributed by atoms with Gasteiger partial charge in [0, 0.05) is 22.3 Å². The Kier molecular flexibility index (Phi) is 6.48. The van der Waals surface area contributed by atoms with Gasteiger partial charge in [-0.1, -0.05) is 35.9 Å². The molecule has 2 aromatic carbocycles. The van der Waals surface area contributed by atoms with Gasteiger partial charge in [0.25, 0.3) is 0 Å². The van der Waals surface area contributed by atoms with E-state index in [4.69, 9.17) is 11.6 Å². The Hall–Kier alpha value is -2.37. The molecule has 3 rings (SSSR count). The number of piperidine rings is 1. The molecule has 0 saturated carbocycles. The lowest BCUT2D eigenvalue weighted by atomic mass is 9.94. The number of benzene rings is 2. The van der Waals surface area contributed by atoms with Gasteiger partial charge < -0.3 is 10.6 Å². The van der Waals surface area contributed by atoms with E-state index in [1.54, 1.807) is 18.2 Å². The van der Waals surface area contributed by atoms with Crippen molar-refractivity contribution < 1.29 is 9.59 Å². The summed E-state index contributed by atoms with van der Waals surface area (Å²) < 4.78 is 0. The SMILES string of the molecule is C[C@H](C(=O)Nc1cccc(Cl)c1)N1CCC(C(=O)Nc2ccccc2)CC1. The average molecular weight is 386 g/mol. The van der Waals surface area contributed by atoms with Crippen LogP contribution in [0.2, 0.25) is 5.02 Å². The number of hydrogen-bond acceptors (Lipinski definition) is 3. The second-order valence-corrected chi connectivity index (χ2v) is 7.28. The molecule has 0 aliphatic carbocycles. The standard InChI is InChI=1S/C21H24ClN3O2/c1-15(20(26)24-19-9-5-6-17(22)14-19)25-12-10-16(11-13-25)21(27)23-18-7-3-2-4-8-18/h2-9,14-16H,10-13H2,1H3,(H,23,27)(H,24,26)/t15-/m1/s1. The molecule has 1 atom stereocenters. The molecule has 0 unspecified atom stereocenters. The van der Waals surface area contributed by atoms with Gasteiger partial charge >= 0.3 is 0 Å². The van der Waals surface area contributed by atoms with Crippen LogP contribution < -0.4 is 10.6 Å². The number of carbonyl (C=O) groups excluding carboxylic acids is 2. The summed E-state index contributed by atoms with van der Waals surface area (Å²) in [6.45, 7) is 3.33. The minimum atomic E-state index is -0.262. The van der Waals surface area contributed by atoms with E-state index in [-0.39, 0.29) is 23.8 Å². The molecular weight excluding hydrogens is 362 g/mol. The quantitative estimate of drug-likeness (QED) is 0.817. The fraction of sp³-hybridized carbons (Fsp3) is 0.333. The number of halogens is 1. The highest BCUT2D eigenvalue weighted by Crippen LogP contribution is 2.22. The highest BCUT2D eigenvalue weighted by Gasteiger charge is 2.29. The molecule has 1 saturated heterocycles. The fourth-order valence-electron chi connectivity index (χ4n) is 3.29. The lowest BCUT2D eigenvalue weighted by Gasteiger charge is -2.34. The van der Waals surface area contributed by atoms with Crippen LogP contribution in [0.1, 0.15) is 19.8 Å². The lowest BCUT2D eigenvalue weighted by Crippen LogP contribution is -2.47. The van der Waals surface area contributed by atoms with Gasteiger partial charge in [0.05, 0.1) is 6.04 Å². The normalized spacial score (nSPS) is 16.5. The molecule has 2 N–H and O–H groups in total. The van der Waals surface area contributed by atoms with Gasteiger partial charge in [0.15, 0.2) is 0 Å². The predicted octanol–water partition coefficient (Wildman–Crippen LogP) is 4.02. The number of carbonyl (C=O) groups is 2. The Morgan fingerprint density at radius 2 is 1.67 bits per heavy atom. The van der Waals surface area contributed by atoms with E-state index in [0.29, 0.717) is 10.7 Å². The molecule has 1 aliphatic rings. The van der Waals surface area contributed by atoms with Gasteiger partial charge in [0.2, 0.25) is 11.8 Å². The first-order chi connectivity index (χ1) is 13.0. The van der Waals surface area contributed by atoms with E-state index in [2.05, 4.69) is 15.5 Å².